The van der Waals surface area contributed by atoms with Gasteiger partial charge in [-0.15, -0.1) is 0 Å². The fraction of sp³-hybridized carbons (Fsp3) is 0.647. The van der Waals surface area contributed by atoms with Crippen molar-refractivity contribution >= 4 is 22.0 Å². The van der Waals surface area contributed by atoms with Gasteiger partial charge in [-0.2, -0.15) is 0 Å². The van der Waals surface area contributed by atoms with E-state index in [9.17, 15) is 0 Å². The summed E-state index contributed by atoms with van der Waals surface area (Å²) in [6.45, 7) is 17.4. The Kier molecular flexibility index (Phi) is 7.99. The molecule has 0 saturated heterocycles. The van der Waals surface area contributed by atoms with Crippen molar-refractivity contribution in [3.63, 3.8) is 0 Å². The van der Waals surface area contributed by atoms with Gasteiger partial charge in [-0.3, -0.25) is 0 Å². The van der Waals surface area contributed by atoms with Crippen LogP contribution in [0.1, 0.15) is 33.6 Å². The Morgan fingerprint density at radius 2 is 1.36 bits per heavy atom. The third kappa shape index (κ3) is 4.76. The van der Waals surface area contributed by atoms with Crippen LogP contribution in [0.3, 0.4) is 0 Å². The van der Waals surface area contributed by atoms with Crippen LogP contribution in [0.4, 0.5) is 0 Å². The van der Waals surface area contributed by atoms with Crippen molar-refractivity contribution in [2.45, 2.75) is 53.3 Å². The number of nitrogens with zero attached hydrogens (tertiary/aromatic N) is 1. The molecule has 0 aliphatic heterocycles. The Bertz CT molecular complexity index is 410. The lowest BCUT2D eigenvalue weighted by molar-refractivity contribution is 0.584. The summed E-state index contributed by atoms with van der Waals surface area (Å²) in [5, 5.41) is 1.46. The summed E-state index contributed by atoms with van der Waals surface area (Å²) in [7, 11) is -3.52. The molecule has 22 heavy (non-hydrogen) atoms. The van der Waals surface area contributed by atoms with Crippen LogP contribution in [0.2, 0.25) is 19.6 Å². The van der Waals surface area contributed by atoms with Crippen LogP contribution in [0, 0.1) is 0 Å². The summed E-state index contributed by atoms with van der Waals surface area (Å²) >= 11 is 0. The first-order chi connectivity index (χ1) is 10.4. The van der Waals surface area contributed by atoms with Crippen LogP contribution in [-0.4, -0.2) is 40.7 Å². The lowest BCUT2D eigenvalue weighted by Crippen LogP contribution is -2.83. The Hall–Kier alpha value is -0.466. The molecule has 1 aromatic carbocycles. The van der Waals surface area contributed by atoms with E-state index >= 15 is 0 Å². The van der Waals surface area contributed by atoms with E-state index in [1.807, 2.05) is 0 Å². The van der Waals surface area contributed by atoms with Gasteiger partial charge in [-0.05, 0) is 37.7 Å². The molecule has 0 aliphatic rings. The largest absolute Gasteiger partial charge is 0.318 e. The Labute approximate surface area is 139 Å². The van der Waals surface area contributed by atoms with Crippen molar-refractivity contribution in [1.82, 2.24) is 14.2 Å². The van der Waals surface area contributed by atoms with Crippen molar-refractivity contribution < 1.29 is 0 Å². The number of rotatable bonds is 10. The summed E-state index contributed by atoms with van der Waals surface area (Å²) < 4.78 is 2.81. The second-order valence-electron chi connectivity index (χ2n) is 6.85. The summed E-state index contributed by atoms with van der Waals surface area (Å²) in [6, 6.07) is 11.1. The van der Waals surface area contributed by atoms with Gasteiger partial charge in [0.1, 0.15) is 8.24 Å². The van der Waals surface area contributed by atoms with Crippen LogP contribution < -0.4 is 15.2 Å². The van der Waals surface area contributed by atoms with Gasteiger partial charge in [0.2, 0.25) is 0 Å². The molecule has 126 valence electrons. The molecule has 0 amide bonds. The molecule has 0 radical (unpaired) electrons. The second kappa shape index (κ2) is 8.98. The lowest BCUT2D eigenvalue weighted by Gasteiger charge is -2.48. The molecule has 0 saturated carbocycles. The van der Waals surface area contributed by atoms with Gasteiger partial charge in [-0.25, -0.2) is 0 Å². The van der Waals surface area contributed by atoms with Gasteiger partial charge < -0.3 is 14.2 Å². The molecule has 3 nitrogen and oxygen atoms in total. The highest BCUT2D eigenvalue weighted by Crippen LogP contribution is 2.16. The van der Waals surface area contributed by atoms with E-state index < -0.39 is 16.8 Å². The summed E-state index contributed by atoms with van der Waals surface area (Å²) in [6.07, 6.45) is 2.33. The minimum absolute atomic E-state index is 1.07. The molecule has 0 aliphatic carbocycles. The van der Waals surface area contributed by atoms with Crippen molar-refractivity contribution in [3.05, 3.63) is 30.3 Å². The fourth-order valence-corrected chi connectivity index (χ4v) is 12.6. The van der Waals surface area contributed by atoms with Crippen LogP contribution in [0.5, 0.6) is 0 Å². The zero-order valence-corrected chi connectivity index (χ0v) is 17.4. The zero-order valence-electron chi connectivity index (χ0n) is 15.4. The minimum atomic E-state index is -2.08. The first-order valence-corrected chi connectivity index (χ1v) is 14.1. The van der Waals surface area contributed by atoms with Crippen molar-refractivity contribution in [2.24, 2.45) is 0 Å². The average Bonchev–Trinajstić information content (AvgIpc) is 2.49. The van der Waals surface area contributed by atoms with E-state index in [1.54, 1.807) is 0 Å². The van der Waals surface area contributed by atoms with Gasteiger partial charge >= 0.3 is 8.56 Å². The van der Waals surface area contributed by atoms with Gasteiger partial charge in [0.15, 0.2) is 0 Å². The minimum Gasteiger partial charge on any atom is -0.318 e. The predicted molar refractivity (Wildman–Crippen MR) is 104 cm³/mol. The van der Waals surface area contributed by atoms with Gasteiger partial charge in [0.05, 0.1) is 0 Å². The molecule has 0 atom stereocenters. The monoisotopic (exact) mass is 337 g/mol. The van der Waals surface area contributed by atoms with E-state index in [2.05, 4.69) is 84.9 Å². The van der Waals surface area contributed by atoms with Gasteiger partial charge in [0.25, 0.3) is 0 Å². The number of benzene rings is 1. The molecular formula is C17H35N3Si2. The fourth-order valence-electron chi connectivity index (χ4n) is 3.12. The molecule has 2 N–H and O–H groups in total. The zero-order chi connectivity index (χ0) is 16.6. The second-order valence-corrected chi connectivity index (χ2v) is 15.4. The van der Waals surface area contributed by atoms with Crippen molar-refractivity contribution in [1.29, 1.82) is 0 Å². The van der Waals surface area contributed by atoms with Crippen molar-refractivity contribution in [2.75, 3.05) is 19.6 Å². The summed E-state index contributed by atoms with van der Waals surface area (Å²) in [5.41, 5.74) is 0. The maximum atomic E-state index is 3.98. The maximum Gasteiger partial charge on any atom is 0.311 e. The Balaban J connectivity index is 3.35. The molecule has 0 bridgehead atoms. The summed E-state index contributed by atoms with van der Waals surface area (Å²) in [4.78, 5) is 7.96. The molecular weight excluding hydrogens is 302 g/mol. The quantitative estimate of drug-likeness (QED) is 0.643. The third-order valence-electron chi connectivity index (χ3n) is 3.98. The SMILES string of the molecule is CCCN[Si](NCCC)(c1ccccc1)N(CC)[Si](C)(C)C. The molecule has 0 fully saturated rings. The molecule has 0 spiro atoms. The highest BCUT2D eigenvalue weighted by Gasteiger charge is 2.46. The molecule has 0 unspecified atom stereocenters. The van der Waals surface area contributed by atoms with Crippen molar-refractivity contribution in [3.8, 4) is 0 Å². The van der Waals surface area contributed by atoms with Crippen LogP contribution in [0.15, 0.2) is 30.3 Å². The highest BCUT2D eigenvalue weighted by atomic mass is 28.4. The molecule has 1 rings (SSSR count). The first kappa shape index (κ1) is 19.6. The van der Waals surface area contributed by atoms with Gasteiger partial charge in [-0.1, -0.05) is 70.7 Å². The summed E-state index contributed by atoms with van der Waals surface area (Å²) in [5.74, 6) is 0. The third-order valence-corrected chi connectivity index (χ3v) is 12.8. The predicted octanol–water partition coefficient (Wildman–Crippen LogP) is 2.99. The van der Waals surface area contributed by atoms with E-state index in [0.717, 1.165) is 19.6 Å². The highest BCUT2D eigenvalue weighted by molar-refractivity contribution is 6.95. The normalized spacial score (nSPS) is 12.9. The Morgan fingerprint density at radius 3 is 1.73 bits per heavy atom. The van der Waals surface area contributed by atoms with Gasteiger partial charge in [0, 0.05) is 0 Å². The molecule has 0 aromatic heterocycles. The standard InChI is InChI=1S/C17H35N3Si2/c1-7-15-18-22(19-16-8-2,17-13-11-10-12-14-17)20(9-3)21(4,5)6/h10-14,18-19H,7-9,15-16H2,1-6H3. The lowest BCUT2D eigenvalue weighted by atomic mass is 10.4. The smallest absolute Gasteiger partial charge is 0.311 e. The van der Waals surface area contributed by atoms with E-state index in [1.165, 1.54) is 18.0 Å². The first-order valence-electron chi connectivity index (χ1n) is 8.75. The molecule has 5 heteroatoms. The van der Waals surface area contributed by atoms with E-state index in [-0.39, 0.29) is 0 Å². The molecule has 0 heterocycles. The number of hydrogen-bond donors (Lipinski definition) is 2. The van der Waals surface area contributed by atoms with E-state index in [4.69, 9.17) is 0 Å². The van der Waals surface area contributed by atoms with Crippen LogP contribution in [-0.2, 0) is 0 Å². The van der Waals surface area contributed by atoms with Crippen LogP contribution >= 0.6 is 0 Å². The number of hydrogen-bond acceptors (Lipinski definition) is 3. The van der Waals surface area contributed by atoms with E-state index in [0.29, 0.717) is 0 Å². The topological polar surface area (TPSA) is 27.3 Å². The number of nitrogens with one attached hydrogen (secondary N) is 2. The maximum absolute atomic E-state index is 3.98. The average molecular weight is 338 g/mol. The van der Waals surface area contributed by atoms with Crippen LogP contribution in [0.25, 0.3) is 0 Å². The molecule has 1 aromatic rings. The Morgan fingerprint density at radius 1 is 0.864 bits per heavy atom.